The first kappa shape index (κ1) is 18.9. The predicted octanol–water partition coefficient (Wildman–Crippen LogP) is 4.98. The Morgan fingerprint density at radius 2 is 2.08 bits per heavy atom. The third-order valence-corrected chi connectivity index (χ3v) is 4.55. The molecule has 0 bridgehead atoms. The van der Waals surface area contributed by atoms with Gasteiger partial charge in [-0.3, -0.25) is 0 Å². The lowest BCUT2D eigenvalue weighted by Crippen LogP contribution is -2.36. The lowest BCUT2D eigenvalue weighted by molar-refractivity contribution is -0.141. The Balaban J connectivity index is 2.24. The Morgan fingerprint density at radius 3 is 2.67 bits per heavy atom. The van der Waals surface area contributed by atoms with Crippen molar-refractivity contribution in [2.75, 3.05) is 6.61 Å². The van der Waals surface area contributed by atoms with Gasteiger partial charge in [-0.15, -0.1) is 0 Å². The first-order valence-corrected chi connectivity index (χ1v) is 8.68. The first-order valence-electron chi connectivity index (χ1n) is 8.30. The number of rotatable bonds is 6. The van der Waals surface area contributed by atoms with Crippen LogP contribution in [0.25, 0.3) is 0 Å². The number of carbonyl (C=O) groups is 1. The molecule has 0 aromatic heterocycles. The molecular weight excluding hydrogens is 333 g/mol. The summed E-state index contributed by atoms with van der Waals surface area (Å²) >= 11 is 6.28. The third-order valence-electron chi connectivity index (χ3n) is 4.23. The van der Waals surface area contributed by atoms with Crippen LogP contribution in [0.15, 0.2) is 23.4 Å². The molecule has 0 radical (unpaired) electrons. The van der Waals surface area contributed by atoms with Gasteiger partial charge in [-0.25, -0.2) is 9.18 Å². The summed E-state index contributed by atoms with van der Waals surface area (Å²) in [5, 5.41) is 4.25. The van der Waals surface area contributed by atoms with Crippen molar-refractivity contribution in [3.63, 3.8) is 0 Å². The fourth-order valence-corrected chi connectivity index (χ4v) is 3.31. The summed E-state index contributed by atoms with van der Waals surface area (Å²) in [6.07, 6.45) is 4.16. The monoisotopic (exact) mass is 355 g/mol. The third kappa shape index (κ3) is 4.54. The van der Waals surface area contributed by atoms with Crippen LogP contribution in [0.2, 0.25) is 5.02 Å². The molecule has 2 rings (SSSR count). The van der Waals surface area contributed by atoms with Crippen LogP contribution in [0.5, 0.6) is 0 Å². The van der Waals surface area contributed by atoms with Crippen molar-refractivity contribution < 1.29 is 18.8 Å². The van der Waals surface area contributed by atoms with Crippen LogP contribution in [-0.4, -0.2) is 18.3 Å². The fourth-order valence-electron chi connectivity index (χ4n) is 2.97. The maximum Gasteiger partial charge on any atom is 0.331 e. The second-order valence-electron chi connectivity index (χ2n) is 6.03. The quantitative estimate of drug-likeness (QED) is 0.410. The normalized spacial score (nSPS) is 20.8. The fraction of sp³-hybridized carbons (Fsp3) is 0.556. The molecule has 1 saturated carbocycles. The van der Waals surface area contributed by atoms with Crippen LogP contribution in [-0.2, 0) is 20.0 Å². The number of hydrogen-bond donors (Lipinski definition) is 0. The zero-order chi connectivity index (χ0) is 17.6. The van der Waals surface area contributed by atoms with Crippen LogP contribution in [0.1, 0.15) is 57.9 Å². The SMILES string of the molecule is CCCCOC1(c2c(F)cccc2Cl)CCC(=NOC(C)=O)CC1. The van der Waals surface area contributed by atoms with Gasteiger partial charge in [0, 0.05) is 24.1 Å². The number of hydrogen-bond acceptors (Lipinski definition) is 4. The van der Waals surface area contributed by atoms with Gasteiger partial charge < -0.3 is 9.57 Å². The summed E-state index contributed by atoms with van der Waals surface area (Å²) in [6, 6.07) is 4.69. The predicted molar refractivity (Wildman–Crippen MR) is 91.6 cm³/mol. The van der Waals surface area contributed by atoms with Crippen molar-refractivity contribution >= 4 is 23.3 Å². The molecule has 132 valence electrons. The van der Waals surface area contributed by atoms with E-state index in [2.05, 4.69) is 12.1 Å². The zero-order valence-corrected chi connectivity index (χ0v) is 14.9. The minimum absolute atomic E-state index is 0.348. The number of halogens is 2. The van der Waals surface area contributed by atoms with Crippen LogP contribution in [0.4, 0.5) is 4.39 Å². The molecule has 1 aliphatic carbocycles. The van der Waals surface area contributed by atoms with E-state index in [1.807, 2.05) is 0 Å². The summed E-state index contributed by atoms with van der Waals surface area (Å²) in [4.78, 5) is 15.6. The van der Waals surface area contributed by atoms with Gasteiger partial charge in [0.1, 0.15) is 5.82 Å². The second kappa shape index (κ2) is 8.58. The van der Waals surface area contributed by atoms with E-state index < -0.39 is 11.6 Å². The van der Waals surface area contributed by atoms with E-state index in [-0.39, 0.29) is 5.82 Å². The molecule has 0 aliphatic heterocycles. The van der Waals surface area contributed by atoms with E-state index in [9.17, 15) is 9.18 Å². The molecule has 0 unspecified atom stereocenters. The topological polar surface area (TPSA) is 47.9 Å². The Kier molecular flexibility index (Phi) is 6.75. The number of oxime groups is 1. The molecule has 1 aromatic carbocycles. The number of nitrogens with zero attached hydrogens (tertiary/aromatic N) is 1. The molecule has 0 amide bonds. The van der Waals surface area contributed by atoms with Gasteiger partial charge in [0.25, 0.3) is 0 Å². The van der Waals surface area contributed by atoms with Crippen molar-refractivity contribution in [3.8, 4) is 0 Å². The number of carbonyl (C=O) groups excluding carboxylic acids is 1. The van der Waals surface area contributed by atoms with Crippen LogP contribution in [0, 0.1) is 5.82 Å². The van der Waals surface area contributed by atoms with Crippen LogP contribution < -0.4 is 0 Å². The van der Waals surface area contributed by atoms with Gasteiger partial charge in [-0.05, 0) is 44.2 Å². The van der Waals surface area contributed by atoms with Crippen molar-refractivity contribution in [2.45, 2.75) is 58.0 Å². The maximum absolute atomic E-state index is 14.5. The molecule has 1 aromatic rings. The highest BCUT2D eigenvalue weighted by molar-refractivity contribution is 6.31. The first-order chi connectivity index (χ1) is 11.5. The molecule has 0 atom stereocenters. The summed E-state index contributed by atoms with van der Waals surface area (Å²) < 4.78 is 20.6. The average molecular weight is 356 g/mol. The van der Waals surface area contributed by atoms with E-state index in [1.165, 1.54) is 13.0 Å². The van der Waals surface area contributed by atoms with E-state index >= 15 is 0 Å². The highest BCUT2D eigenvalue weighted by Gasteiger charge is 2.40. The number of unbranched alkanes of at least 4 members (excludes halogenated alkanes) is 1. The van der Waals surface area contributed by atoms with Crippen LogP contribution >= 0.6 is 11.6 Å². The Bertz CT molecular complexity index is 588. The van der Waals surface area contributed by atoms with Gasteiger partial charge >= 0.3 is 5.97 Å². The molecule has 0 N–H and O–H groups in total. The van der Waals surface area contributed by atoms with E-state index in [0.29, 0.717) is 42.9 Å². The summed E-state index contributed by atoms with van der Waals surface area (Å²) in [5.41, 5.74) is 0.453. The molecule has 1 fully saturated rings. The molecule has 24 heavy (non-hydrogen) atoms. The maximum atomic E-state index is 14.5. The van der Waals surface area contributed by atoms with Gasteiger partial charge in [0.05, 0.1) is 11.3 Å². The van der Waals surface area contributed by atoms with Crippen molar-refractivity contribution in [1.29, 1.82) is 0 Å². The Morgan fingerprint density at radius 1 is 1.38 bits per heavy atom. The largest absolute Gasteiger partial charge is 0.370 e. The average Bonchev–Trinajstić information content (AvgIpc) is 2.54. The molecule has 0 saturated heterocycles. The van der Waals surface area contributed by atoms with Crippen molar-refractivity contribution in [1.82, 2.24) is 0 Å². The number of benzene rings is 1. The molecule has 1 aliphatic rings. The Hall–Kier alpha value is -1.46. The second-order valence-corrected chi connectivity index (χ2v) is 6.44. The minimum Gasteiger partial charge on any atom is -0.370 e. The summed E-state index contributed by atoms with van der Waals surface area (Å²) in [5.74, 6) is -0.796. The van der Waals surface area contributed by atoms with Gasteiger partial charge in [-0.2, -0.15) is 0 Å². The van der Waals surface area contributed by atoms with Crippen LogP contribution in [0.3, 0.4) is 0 Å². The summed E-state index contributed by atoms with van der Waals surface area (Å²) in [6.45, 7) is 3.94. The lowest BCUT2D eigenvalue weighted by atomic mass is 9.78. The van der Waals surface area contributed by atoms with Gasteiger partial charge in [0.2, 0.25) is 0 Å². The van der Waals surface area contributed by atoms with Gasteiger partial charge in [0.15, 0.2) is 0 Å². The van der Waals surface area contributed by atoms with Crippen molar-refractivity contribution in [3.05, 3.63) is 34.6 Å². The summed E-state index contributed by atoms with van der Waals surface area (Å²) in [7, 11) is 0. The molecular formula is C18H23ClFNO3. The van der Waals surface area contributed by atoms with E-state index in [1.54, 1.807) is 12.1 Å². The van der Waals surface area contributed by atoms with E-state index in [4.69, 9.17) is 21.2 Å². The molecule has 6 heteroatoms. The van der Waals surface area contributed by atoms with E-state index in [0.717, 1.165) is 18.6 Å². The highest BCUT2D eigenvalue weighted by Crippen LogP contribution is 2.44. The number of ether oxygens (including phenoxy) is 1. The molecule has 4 nitrogen and oxygen atoms in total. The smallest absolute Gasteiger partial charge is 0.331 e. The lowest BCUT2D eigenvalue weighted by Gasteiger charge is -2.38. The minimum atomic E-state index is -0.757. The highest BCUT2D eigenvalue weighted by atomic mass is 35.5. The van der Waals surface area contributed by atoms with Crippen molar-refractivity contribution in [2.24, 2.45) is 5.16 Å². The zero-order valence-electron chi connectivity index (χ0n) is 14.1. The Labute approximate surface area is 147 Å². The standard InChI is InChI=1S/C18H23ClFNO3/c1-3-4-12-23-18(17-15(19)6-5-7-16(17)20)10-8-14(9-11-18)21-24-13(2)22/h5-7H,3-4,8-12H2,1-2H3. The van der Waals surface area contributed by atoms with Gasteiger partial charge in [-0.1, -0.05) is 36.2 Å². The molecule has 0 spiro atoms. The molecule has 0 heterocycles.